The van der Waals surface area contributed by atoms with Crippen molar-refractivity contribution in [3.63, 3.8) is 0 Å². The fourth-order valence-electron chi connectivity index (χ4n) is 2.04. The summed E-state index contributed by atoms with van der Waals surface area (Å²) in [5.41, 5.74) is 1.15. The number of benzene rings is 1. The van der Waals surface area contributed by atoms with E-state index in [2.05, 4.69) is 27.9 Å². The molecule has 1 aliphatic heterocycles. The Balaban J connectivity index is 2.30. The van der Waals surface area contributed by atoms with E-state index in [9.17, 15) is 4.79 Å². The Hall–Kier alpha value is -0.620. The van der Waals surface area contributed by atoms with Gasteiger partial charge in [-0.25, -0.2) is 0 Å². The van der Waals surface area contributed by atoms with E-state index in [4.69, 9.17) is 5.11 Å². The van der Waals surface area contributed by atoms with E-state index in [1.165, 1.54) is 0 Å². The highest BCUT2D eigenvalue weighted by Gasteiger charge is 2.34. The summed E-state index contributed by atoms with van der Waals surface area (Å²) in [4.78, 5) is 11.1. The van der Waals surface area contributed by atoms with Crippen LogP contribution in [0.25, 0.3) is 0 Å². The molecule has 1 aromatic carbocycles. The first-order valence-corrected chi connectivity index (χ1v) is 5.96. The highest BCUT2D eigenvalue weighted by molar-refractivity contribution is 14.1. The van der Waals surface area contributed by atoms with Gasteiger partial charge in [-0.05, 0) is 34.2 Å². The Kier molecular flexibility index (Phi) is 3.25. The Morgan fingerprint density at radius 2 is 2.13 bits per heavy atom. The lowest BCUT2D eigenvalue weighted by Gasteiger charge is -2.16. The molecular weight excluding hydrogens is 305 g/mol. The van der Waals surface area contributed by atoms with Crippen molar-refractivity contribution in [2.75, 3.05) is 13.1 Å². The maximum Gasteiger partial charge on any atom is 0.308 e. The molecule has 1 saturated heterocycles. The van der Waals surface area contributed by atoms with E-state index in [0.717, 1.165) is 15.7 Å². The zero-order valence-corrected chi connectivity index (χ0v) is 10.3. The third-order valence-corrected chi connectivity index (χ3v) is 3.82. The second kappa shape index (κ2) is 4.49. The van der Waals surface area contributed by atoms with Crippen molar-refractivity contribution in [3.05, 3.63) is 33.4 Å². The van der Waals surface area contributed by atoms with Crippen LogP contribution in [0.5, 0.6) is 0 Å². The van der Waals surface area contributed by atoms with Gasteiger partial charge in [-0.1, -0.05) is 18.2 Å². The molecule has 1 aromatic rings. The number of carboxylic acid groups (broad SMARTS) is 1. The van der Waals surface area contributed by atoms with Crippen molar-refractivity contribution in [3.8, 4) is 0 Å². The van der Waals surface area contributed by atoms with Gasteiger partial charge in [0, 0.05) is 22.6 Å². The van der Waals surface area contributed by atoms with Crippen LogP contribution in [0.15, 0.2) is 24.3 Å². The van der Waals surface area contributed by atoms with Crippen molar-refractivity contribution < 1.29 is 9.90 Å². The first-order valence-electron chi connectivity index (χ1n) is 4.88. The molecule has 1 heterocycles. The summed E-state index contributed by atoms with van der Waals surface area (Å²) in [5, 5.41) is 12.2. The number of nitrogens with one attached hydrogen (secondary N) is 1. The monoisotopic (exact) mass is 317 g/mol. The van der Waals surface area contributed by atoms with Gasteiger partial charge in [0.15, 0.2) is 0 Å². The zero-order chi connectivity index (χ0) is 10.8. The van der Waals surface area contributed by atoms with Gasteiger partial charge in [0.2, 0.25) is 0 Å². The molecule has 80 valence electrons. The lowest BCUT2D eigenvalue weighted by molar-refractivity contribution is -0.141. The fourth-order valence-corrected chi connectivity index (χ4v) is 2.83. The van der Waals surface area contributed by atoms with Crippen LogP contribution in [0.2, 0.25) is 0 Å². The van der Waals surface area contributed by atoms with E-state index in [0.29, 0.717) is 6.54 Å². The van der Waals surface area contributed by atoms with Crippen LogP contribution in [-0.2, 0) is 4.79 Å². The quantitative estimate of drug-likeness (QED) is 0.816. The van der Waals surface area contributed by atoms with E-state index in [1.807, 2.05) is 24.3 Å². The third kappa shape index (κ3) is 2.15. The zero-order valence-electron chi connectivity index (χ0n) is 8.11. The SMILES string of the molecule is O=C(O)C1CNCC1c1ccccc1I. The maximum absolute atomic E-state index is 11.1. The van der Waals surface area contributed by atoms with Gasteiger partial charge in [0.05, 0.1) is 5.92 Å². The lowest BCUT2D eigenvalue weighted by atomic mass is 9.89. The van der Waals surface area contributed by atoms with Crippen LogP contribution in [0.4, 0.5) is 0 Å². The average Bonchev–Trinajstić information content (AvgIpc) is 2.67. The van der Waals surface area contributed by atoms with Crippen LogP contribution in [0.1, 0.15) is 11.5 Å². The van der Waals surface area contributed by atoms with Crippen LogP contribution in [0, 0.1) is 9.49 Å². The molecule has 0 radical (unpaired) electrons. The van der Waals surface area contributed by atoms with E-state index >= 15 is 0 Å². The first kappa shape index (κ1) is 10.9. The van der Waals surface area contributed by atoms with Crippen molar-refractivity contribution in [1.29, 1.82) is 0 Å². The number of rotatable bonds is 2. The second-order valence-corrected chi connectivity index (χ2v) is 4.89. The van der Waals surface area contributed by atoms with Crippen molar-refractivity contribution in [2.24, 2.45) is 5.92 Å². The van der Waals surface area contributed by atoms with Gasteiger partial charge in [0.25, 0.3) is 0 Å². The van der Waals surface area contributed by atoms with E-state index in [-0.39, 0.29) is 11.8 Å². The fraction of sp³-hybridized carbons (Fsp3) is 0.364. The third-order valence-electron chi connectivity index (χ3n) is 2.84. The summed E-state index contributed by atoms with van der Waals surface area (Å²) in [7, 11) is 0. The predicted octanol–water partition coefficient (Wildman–Crippen LogP) is 1.68. The van der Waals surface area contributed by atoms with Crippen molar-refractivity contribution in [2.45, 2.75) is 5.92 Å². The van der Waals surface area contributed by atoms with Gasteiger partial charge in [0.1, 0.15) is 0 Å². The van der Waals surface area contributed by atoms with Gasteiger partial charge in [-0.2, -0.15) is 0 Å². The largest absolute Gasteiger partial charge is 0.481 e. The molecule has 2 atom stereocenters. The number of aliphatic carboxylic acids is 1. The van der Waals surface area contributed by atoms with Crippen LogP contribution in [0.3, 0.4) is 0 Å². The highest BCUT2D eigenvalue weighted by atomic mass is 127. The molecule has 2 rings (SSSR count). The summed E-state index contributed by atoms with van der Waals surface area (Å²) >= 11 is 2.26. The molecule has 1 fully saturated rings. The van der Waals surface area contributed by atoms with Gasteiger partial charge >= 0.3 is 5.97 Å². The van der Waals surface area contributed by atoms with Crippen molar-refractivity contribution >= 4 is 28.6 Å². The number of hydrogen-bond acceptors (Lipinski definition) is 2. The minimum Gasteiger partial charge on any atom is -0.481 e. The molecule has 0 amide bonds. The smallest absolute Gasteiger partial charge is 0.308 e. The topological polar surface area (TPSA) is 49.3 Å². The van der Waals surface area contributed by atoms with E-state index < -0.39 is 5.97 Å². The molecule has 4 heteroatoms. The lowest BCUT2D eigenvalue weighted by Crippen LogP contribution is -2.21. The molecule has 0 aliphatic carbocycles. The number of hydrogen-bond donors (Lipinski definition) is 2. The Morgan fingerprint density at radius 3 is 2.80 bits per heavy atom. The molecule has 2 N–H and O–H groups in total. The summed E-state index contributed by atoms with van der Waals surface area (Å²) in [6.45, 7) is 1.34. The Morgan fingerprint density at radius 1 is 1.40 bits per heavy atom. The molecule has 0 bridgehead atoms. The number of carboxylic acids is 1. The molecule has 2 unspecified atom stereocenters. The summed E-state index contributed by atoms with van der Waals surface area (Å²) in [5.74, 6) is -0.888. The van der Waals surface area contributed by atoms with Crippen LogP contribution in [-0.4, -0.2) is 24.2 Å². The average molecular weight is 317 g/mol. The Bertz CT molecular complexity index is 381. The summed E-state index contributed by atoms with van der Waals surface area (Å²) < 4.78 is 1.15. The first-order chi connectivity index (χ1) is 7.20. The maximum atomic E-state index is 11.1. The summed E-state index contributed by atoms with van der Waals surface area (Å²) in [6.07, 6.45) is 0. The number of carbonyl (C=O) groups is 1. The van der Waals surface area contributed by atoms with Crippen LogP contribution >= 0.6 is 22.6 Å². The highest BCUT2D eigenvalue weighted by Crippen LogP contribution is 2.31. The van der Waals surface area contributed by atoms with Gasteiger partial charge < -0.3 is 10.4 Å². The molecule has 0 saturated carbocycles. The predicted molar refractivity (Wildman–Crippen MR) is 65.9 cm³/mol. The molecule has 0 aromatic heterocycles. The van der Waals surface area contributed by atoms with Crippen LogP contribution < -0.4 is 5.32 Å². The Labute approximate surface area is 102 Å². The van der Waals surface area contributed by atoms with Gasteiger partial charge in [-0.15, -0.1) is 0 Å². The minimum absolute atomic E-state index is 0.107. The molecule has 1 aliphatic rings. The minimum atomic E-state index is -0.704. The summed E-state index contributed by atoms with van der Waals surface area (Å²) in [6, 6.07) is 7.99. The normalized spacial score (nSPS) is 25.4. The molecule has 3 nitrogen and oxygen atoms in total. The van der Waals surface area contributed by atoms with Crippen molar-refractivity contribution in [1.82, 2.24) is 5.32 Å². The van der Waals surface area contributed by atoms with Gasteiger partial charge in [-0.3, -0.25) is 4.79 Å². The second-order valence-electron chi connectivity index (χ2n) is 3.73. The molecule has 15 heavy (non-hydrogen) atoms. The molecule has 0 spiro atoms. The molecular formula is C11H12INO2. The number of halogens is 1. The van der Waals surface area contributed by atoms with E-state index in [1.54, 1.807) is 0 Å². The standard InChI is InChI=1S/C11H12INO2/c12-10-4-2-1-3-7(10)8-5-13-6-9(8)11(14)15/h1-4,8-9,13H,5-6H2,(H,14,15).